The average molecular weight is 389 g/mol. The molecule has 1 rings (SSSR count). The summed E-state index contributed by atoms with van der Waals surface area (Å²) < 4.78 is 115. The van der Waals surface area contributed by atoms with Gasteiger partial charge in [0.25, 0.3) is 0 Å². The highest BCUT2D eigenvalue weighted by Crippen LogP contribution is 2.58. The van der Waals surface area contributed by atoms with Crippen molar-refractivity contribution in [1.82, 2.24) is 0 Å². The van der Waals surface area contributed by atoms with Gasteiger partial charge in [0.2, 0.25) is 0 Å². The largest absolute Gasteiger partial charge is 0.457 e. The van der Waals surface area contributed by atoms with E-state index in [9.17, 15) is 39.5 Å². The molecule has 1 unspecified atom stereocenters. The van der Waals surface area contributed by atoms with Crippen LogP contribution in [-0.2, 0) is 5.67 Å². The molecular formula is C11H6BrF9. The van der Waals surface area contributed by atoms with Crippen LogP contribution in [-0.4, -0.2) is 18.3 Å². The van der Waals surface area contributed by atoms with E-state index in [0.29, 0.717) is 0 Å². The topological polar surface area (TPSA) is 0 Å². The van der Waals surface area contributed by atoms with Crippen LogP contribution in [0.2, 0.25) is 0 Å². The molecule has 10 heteroatoms. The van der Waals surface area contributed by atoms with Crippen LogP contribution in [0, 0.1) is 6.92 Å². The molecule has 1 aromatic rings. The van der Waals surface area contributed by atoms with E-state index in [4.69, 9.17) is 0 Å². The number of halogens is 10. The van der Waals surface area contributed by atoms with Crippen molar-refractivity contribution in [3.63, 3.8) is 0 Å². The molecule has 1 atom stereocenters. The molecule has 0 bridgehead atoms. The molecule has 0 aromatic heterocycles. The highest BCUT2D eigenvalue weighted by Gasteiger charge is 2.81. The second-order valence-corrected chi connectivity index (χ2v) is 5.16. The molecule has 0 radical (unpaired) electrons. The fourth-order valence-corrected chi connectivity index (χ4v) is 2.26. The summed E-state index contributed by atoms with van der Waals surface area (Å²) in [6, 6.07) is 1.66. The molecule has 0 fully saturated rings. The molecular weight excluding hydrogens is 383 g/mol. The maximum atomic E-state index is 14.0. The fourth-order valence-electron chi connectivity index (χ4n) is 1.65. The molecule has 0 saturated heterocycles. The summed E-state index contributed by atoms with van der Waals surface area (Å²) in [5.74, 6) is -6.65. The molecule has 0 aliphatic carbocycles. The number of aryl methyl sites for hydroxylation is 1. The minimum atomic E-state index is -6.71. The Balaban J connectivity index is 3.71. The first kappa shape index (κ1) is 18.1. The van der Waals surface area contributed by atoms with E-state index in [1.54, 1.807) is 0 Å². The standard InChI is InChI=1S/C11H6BrF9/c1-5-2-6(4-7(12)3-5)8(13,10(16,17)18)9(14,15)11(19,20)21/h2-4H,1H3. The highest BCUT2D eigenvalue weighted by atomic mass is 79.9. The van der Waals surface area contributed by atoms with Gasteiger partial charge in [-0.2, -0.15) is 35.1 Å². The summed E-state index contributed by atoms with van der Waals surface area (Å²) in [6.45, 7) is 1.12. The first-order valence-electron chi connectivity index (χ1n) is 5.12. The van der Waals surface area contributed by atoms with Gasteiger partial charge in [-0.15, -0.1) is 0 Å². The van der Waals surface area contributed by atoms with E-state index in [0.717, 1.165) is 13.0 Å². The predicted octanol–water partition coefficient (Wildman–Crippen LogP) is 5.68. The lowest BCUT2D eigenvalue weighted by molar-refractivity contribution is -0.389. The van der Waals surface area contributed by atoms with Gasteiger partial charge in [-0.05, 0) is 24.6 Å². The molecule has 0 spiro atoms. The molecule has 0 aliphatic heterocycles. The maximum absolute atomic E-state index is 14.0. The first-order chi connectivity index (χ1) is 9.14. The molecule has 0 amide bonds. The van der Waals surface area contributed by atoms with Gasteiger partial charge in [0.1, 0.15) is 0 Å². The van der Waals surface area contributed by atoms with Crippen LogP contribution in [0.3, 0.4) is 0 Å². The average Bonchev–Trinajstić information content (AvgIpc) is 2.22. The third kappa shape index (κ3) is 2.86. The minimum absolute atomic E-state index is 0.122. The van der Waals surface area contributed by atoms with E-state index in [1.807, 2.05) is 0 Å². The van der Waals surface area contributed by atoms with E-state index in [-0.39, 0.29) is 22.2 Å². The Labute approximate surface area is 121 Å². The van der Waals surface area contributed by atoms with Crippen molar-refractivity contribution in [2.24, 2.45) is 0 Å². The summed E-state index contributed by atoms with van der Waals surface area (Å²) in [6.07, 6.45) is -13.2. The molecule has 0 saturated carbocycles. The quantitative estimate of drug-likeness (QED) is 0.571. The predicted molar refractivity (Wildman–Crippen MR) is 58.7 cm³/mol. The maximum Gasteiger partial charge on any atom is 0.457 e. The Bertz CT molecular complexity index is 511. The molecule has 0 N–H and O–H groups in total. The smallest absolute Gasteiger partial charge is 0.221 e. The van der Waals surface area contributed by atoms with E-state index in [1.165, 1.54) is 0 Å². The summed E-state index contributed by atoms with van der Waals surface area (Å²) in [7, 11) is 0. The van der Waals surface area contributed by atoms with Crippen LogP contribution in [0.4, 0.5) is 39.5 Å². The van der Waals surface area contributed by atoms with Crippen molar-refractivity contribution in [2.75, 3.05) is 0 Å². The van der Waals surface area contributed by atoms with Gasteiger partial charge >= 0.3 is 23.9 Å². The first-order valence-corrected chi connectivity index (χ1v) is 5.91. The van der Waals surface area contributed by atoms with E-state index < -0.39 is 29.5 Å². The SMILES string of the molecule is Cc1cc(Br)cc(C(F)(C(F)(F)F)C(F)(F)C(F)(F)F)c1. The number of benzene rings is 1. The number of hydrogen-bond acceptors (Lipinski definition) is 0. The Morgan fingerprint density at radius 2 is 1.24 bits per heavy atom. The summed E-state index contributed by atoms with van der Waals surface area (Å²) >= 11 is 2.63. The van der Waals surface area contributed by atoms with E-state index in [2.05, 4.69) is 15.9 Å². The minimum Gasteiger partial charge on any atom is -0.221 e. The van der Waals surface area contributed by atoms with Crippen LogP contribution in [0.1, 0.15) is 11.1 Å². The fraction of sp³-hybridized carbons (Fsp3) is 0.455. The van der Waals surface area contributed by atoms with Crippen LogP contribution in [0.5, 0.6) is 0 Å². The van der Waals surface area contributed by atoms with Gasteiger partial charge in [-0.25, -0.2) is 4.39 Å². The third-order valence-electron chi connectivity index (χ3n) is 2.62. The Morgan fingerprint density at radius 3 is 1.57 bits per heavy atom. The molecule has 0 aliphatic rings. The van der Waals surface area contributed by atoms with Crippen molar-refractivity contribution in [2.45, 2.75) is 30.9 Å². The van der Waals surface area contributed by atoms with Crippen LogP contribution in [0.15, 0.2) is 22.7 Å². The van der Waals surface area contributed by atoms with Crippen LogP contribution >= 0.6 is 15.9 Å². The summed E-state index contributed by atoms with van der Waals surface area (Å²) in [5, 5.41) is 0. The monoisotopic (exact) mass is 388 g/mol. The number of hydrogen-bond donors (Lipinski definition) is 0. The van der Waals surface area contributed by atoms with Gasteiger partial charge < -0.3 is 0 Å². The lowest BCUT2D eigenvalue weighted by Gasteiger charge is -2.36. The molecule has 0 nitrogen and oxygen atoms in total. The van der Waals surface area contributed by atoms with Gasteiger partial charge in [0.05, 0.1) is 0 Å². The Hall–Kier alpha value is -0.930. The molecule has 0 heterocycles. The van der Waals surface area contributed by atoms with Crippen molar-refractivity contribution >= 4 is 15.9 Å². The Morgan fingerprint density at radius 1 is 0.762 bits per heavy atom. The number of alkyl halides is 9. The van der Waals surface area contributed by atoms with Gasteiger partial charge in [-0.1, -0.05) is 22.0 Å². The third-order valence-corrected chi connectivity index (χ3v) is 3.08. The summed E-state index contributed by atoms with van der Waals surface area (Å²) in [5.41, 5.74) is -7.85. The van der Waals surface area contributed by atoms with Gasteiger partial charge in [-0.3, -0.25) is 0 Å². The molecule has 120 valence electrons. The second kappa shape index (κ2) is 5.06. The summed E-state index contributed by atoms with van der Waals surface area (Å²) in [4.78, 5) is 0. The van der Waals surface area contributed by atoms with Crippen molar-refractivity contribution in [1.29, 1.82) is 0 Å². The van der Waals surface area contributed by atoms with Crippen molar-refractivity contribution in [3.8, 4) is 0 Å². The lowest BCUT2D eigenvalue weighted by Crippen LogP contribution is -2.59. The molecule has 21 heavy (non-hydrogen) atoms. The zero-order valence-electron chi connectivity index (χ0n) is 10.0. The van der Waals surface area contributed by atoms with Crippen LogP contribution < -0.4 is 0 Å². The van der Waals surface area contributed by atoms with Gasteiger partial charge in [0, 0.05) is 10.0 Å². The highest BCUT2D eigenvalue weighted by molar-refractivity contribution is 9.10. The Kier molecular flexibility index (Phi) is 4.37. The normalized spacial score (nSPS) is 16.7. The van der Waals surface area contributed by atoms with Crippen molar-refractivity contribution in [3.05, 3.63) is 33.8 Å². The number of rotatable bonds is 2. The molecule has 1 aromatic carbocycles. The zero-order valence-corrected chi connectivity index (χ0v) is 11.6. The second-order valence-electron chi connectivity index (χ2n) is 4.25. The lowest BCUT2D eigenvalue weighted by atomic mass is 9.87. The van der Waals surface area contributed by atoms with Crippen molar-refractivity contribution < 1.29 is 39.5 Å². The van der Waals surface area contributed by atoms with E-state index >= 15 is 0 Å². The van der Waals surface area contributed by atoms with Crippen LogP contribution in [0.25, 0.3) is 0 Å². The zero-order chi connectivity index (χ0) is 16.9. The van der Waals surface area contributed by atoms with Gasteiger partial charge in [0.15, 0.2) is 0 Å².